The second kappa shape index (κ2) is 11.1. The molecular formula is C25H28N5O5S+. The van der Waals surface area contributed by atoms with Crippen LogP contribution in [-0.4, -0.2) is 54.7 Å². The number of hydrogen-bond donors (Lipinski definition) is 3. The maximum atomic E-state index is 12.9. The average Bonchev–Trinajstić information content (AvgIpc) is 3.60. The molecule has 1 amide bonds. The van der Waals surface area contributed by atoms with E-state index in [1.54, 1.807) is 47.2 Å². The van der Waals surface area contributed by atoms with Gasteiger partial charge in [-0.15, -0.1) is 0 Å². The minimum absolute atomic E-state index is 0.228. The third-order valence-electron chi connectivity index (χ3n) is 5.66. The van der Waals surface area contributed by atoms with Crippen molar-refractivity contribution >= 4 is 23.1 Å². The van der Waals surface area contributed by atoms with Crippen molar-refractivity contribution in [3.63, 3.8) is 0 Å². The SMILES string of the molecule is COc1ccc(-c2cnsc2-c2cc(OC)c(OC)c(OC)c2)cc1NC(=O)[C@H]([NH3+])Cc1cnc[nH]1. The number of aromatic amines is 1. The molecule has 5 N–H and O–H groups in total. The summed E-state index contributed by atoms with van der Waals surface area (Å²) in [7, 11) is 6.28. The molecule has 2 heterocycles. The van der Waals surface area contributed by atoms with E-state index in [1.807, 2.05) is 30.3 Å². The number of H-pyrrole nitrogens is 1. The van der Waals surface area contributed by atoms with E-state index in [0.717, 1.165) is 27.3 Å². The normalized spacial score (nSPS) is 11.6. The lowest BCUT2D eigenvalue weighted by molar-refractivity contribution is -0.402. The van der Waals surface area contributed by atoms with Gasteiger partial charge < -0.3 is 35.0 Å². The van der Waals surface area contributed by atoms with Gasteiger partial charge >= 0.3 is 0 Å². The number of quaternary nitrogens is 1. The first-order valence-corrected chi connectivity index (χ1v) is 11.8. The highest BCUT2D eigenvalue weighted by Crippen LogP contribution is 2.45. The second-order valence-electron chi connectivity index (χ2n) is 7.86. The summed E-state index contributed by atoms with van der Waals surface area (Å²) in [6.07, 6.45) is 5.49. The second-order valence-corrected chi connectivity index (χ2v) is 8.67. The third-order valence-corrected chi connectivity index (χ3v) is 6.51. The number of carbonyl (C=O) groups is 1. The molecule has 0 aliphatic carbocycles. The maximum absolute atomic E-state index is 12.9. The van der Waals surface area contributed by atoms with Gasteiger partial charge in [0.2, 0.25) is 5.75 Å². The van der Waals surface area contributed by atoms with Crippen LogP contribution < -0.4 is 30.0 Å². The molecular weight excluding hydrogens is 482 g/mol. The Morgan fingerprint density at radius 3 is 2.33 bits per heavy atom. The Labute approximate surface area is 212 Å². The Bertz CT molecular complexity index is 1310. The van der Waals surface area contributed by atoms with Crippen molar-refractivity contribution in [1.82, 2.24) is 14.3 Å². The molecule has 0 fully saturated rings. The van der Waals surface area contributed by atoms with Crippen molar-refractivity contribution in [2.75, 3.05) is 33.8 Å². The standard InChI is InChI=1S/C25H27N5O5S/c1-32-20-6-5-14(7-19(20)30-25(31)18(26)10-16-11-27-13-28-16)17-12-29-36-24(17)15-8-21(33-2)23(35-4)22(9-15)34-3/h5-9,11-13,18H,10,26H2,1-4H3,(H,27,28)(H,30,31)/p+1/t18-/m1/s1. The van der Waals surface area contributed by atoms with Gasteiger partial charge in [0.1, 0.15) is 5.75 Å². The van der Waals surface area contributed by atoms with Crippen molar-refractivity contribution in [2.45, 2.75) is 12.5 Å². The fourth-order valence-electron chi connectivity index (χ4n) is 3.83. The average molecular weight is 511 g/mol. The van der Waals surface area contributed by atoms with Gasteiger partial charge in [0, 0.05) is 29.2 Å². The monoisotopic (exact) mass is 510 g/mol. The molecule has 0 saturated heterocycles. The summed E-state index contributed by atoms with van der Waals surface area (Å²) in [5, 5.41) is 2.95. The van der Waals surface area contributed by atoms with Crippen molar-refractivity contribution < 1.29 is 29.5 Å². The predicted molar refractivity (Wildman–Crippen MR) is 137 cm³/mol. The molecule has 0 aliphatic rings. The summed E-state index contributed by atoms with van der Waals surface area (Å²) >= 11 is 1.35. The smallest absolute Gasteiger partial charge is 0.283 e. The number of nitrogens with zero attached hydrogens (tertiary/aromatic N) is 2. The van der Waals surface area contributed by atoms with E-state index in [4.69, 9.17) is 18.9 Å². The number of methoxy groups -OCH3 is 4. The van der Waals surface area contributed by atoms with Gasteiger partial charge in [-0.05, 0) is 41.4 Å². The Balaban J connectivity index is 1.67. The minimum atomic E-state index is -0.517. The molecule has 0 spiro atoms. The first-order chi connectivity index (χ1) is 17.5. The highest BCUT2D eigenvalue weighted by molar-refractivity contribution is 7.10. The Hall–Kier alpha value is -4.09. The van der Waals surface area contributed by atoms with Crippen LogP contribution >= 0.6 is 11.5 Å². The molecule has 10 nitrogen and oxygen atoms in total. The quantitative estimate of drug-likeness (QED) is 0.298. The number of carbonyl (C=O) groups excluding carboxylic acids is 1. The molecule has 188 valence electrons. The van der Waals surface area contributed by atoms with Gasteiger partial charge in [-0.3, -0.25) is 4.79 Å². The van der Waals surface area contributed by atoms with Crippen molar-refractivity contribution in [3.05, 3.63) is 54.7 Å². The molecule has 2 aromatic carbocycles. The van der Waals surface area contributed by atoms with E-state index in [2.05, 4.69) is 25.4 Å². The number of hydrogen-bond acceptors (Lipinski definition) is 8. The first kappa shape index (κ1) is 25.0. The summed E-state index contributed by atoms with van der Waals surface area (Å²) in [6.45, 7) is 0. The van der Waals surface area contributed by atoms with Crippen LogP contribution in [0.3, 0.4) is 0 Å². The topological polar surface area (TPSA) is 135 Å². The van der Waals surface area contributed by atoms with E-state index in [9.17, 15) is 4.79 Å². The van der Waals surface area contributed by atoms with E-state index < -0.39 is 6.04 Å². The van der Waals surface area contributed by atoms with Gasteiger partial charge in [0.05, 0.1) is 51.8 Å². The van der Waals surface area contributed by atoms with Crippen LogP contribution in [-0.2, 0) is 11.2 Å². The largest absolute Gasteiger partial charge is 0.495 e. The van der Waals surface area contributed by atoms with E-state index in [0.29, 0.717) is 35.1 Å². The van der Waals surface area contributed by atoms with Crippen LogP contribution in [0.1, 0.15) is 5.69 Å². The number of anilines is 1. The molecule has 2 aromatic heterocycles. The molecule has 0 saturated carbocycles. The number of benzene rings is 2. The molecule has 0 aliphatic heterocycles. The number of amides is 1. The molecule has 0 bridgehead atoms. The van der Waals surface area contributed by atoms with Gasteiger partial charge in [-0.25, -0.2) is 4.98 Å². The lowest BCUT2D eigenvalue weighted by atomic mass is 10.0. The van der Waals surface area contributed by atoms with Gasteiger partial charge in [0.15, 0.2) is 17.5 Å². The van der Waals surface area contributed by atoms with E-state index >= 15 is 0 Å². The van der Waals surface area contributed by atoms with Crippen LogP contribution in [0, 0.1) is 0 Å². The Morgan fingerprint density at radius 2 is 1.72 bits per heavy atom. The summed E-state index contributed by atoms with van der Waals surface area (Å²) in [4.78, 5) is 20.8. The summed E-state index contributed by atoms with van der Waals surface area (Å²) in [6, 6.07) is 8.85. The minimum Gasteiger partial charge on any atom is -0.495 e. The summed E-state index contributed by atoms with van der Waals surface area (Å²) in [5.41, 5.74) is 7.98. The summed E-state index contributed by atoms with van der Waals surface area (Å²) < 4.78 is 26.4. The lowest BCUT2D eigenvalue weighted by Gasteiger charge is -2.15. The van der Waals surface area contributed by atoms with Gasteiger partial charge in [-0.1, -0.05) is 6.07 Å². The number of ether oxygens (including phenoxy) is 4. The molecule has 0 unspecified atom stereocenters. The fraction of sp³-hybridized carbons (Fsp3) is 0.240. The number of imidazole rings is 1. The van der Waals surface area contributed by atoms with Crippen molar-refractivity contribution in [3.8, 4) is 44.6 Å². The van der Waals surface area contributed by atoms with Crippen LogP contribution in [0.15, 0.2) is 49.1 Å². The number of rotatable bonds is 10. The van der Waals surface area contributed by atoms with Crippen molar-refractivity contribution in [1.29, 1.82) is 0 Å². The predicted octanol–water partition coefficient (Wildman–Crippen LogP) is 3.03. The maximum Gasteiger partial charge on any atom is 0.283 e. The molecule has 1 atom stereocenters. The van der Waals surface area contributed by atoms with Crippen LogP contribution in [0.5, 0.6) is 23.0 Å². The van der Waals surface area contributed by atoms with Gasteiger partial charge in [-0.2, -0.15) is 4.37 Å². The lowest BCUT2D eigenvalue weighted by Crippen LogP contribution is -2.67. The molecule has 4 aromatic rings. The zero-order chi connectivity index (χ0) is 25.7. The van der Waals surface area contributed by atoms with Crippen LogP contribution in [0.25, 0.3) is 21.6 Å². The number of aromatic nitrogens is 3. The molecule has 0 radical (unpaired) electrons. The molecule has 4 rings (SSSR count). The van der Waals surface area contributed by atoms with Crippen LogP contribution in [0.4, 0.5) is 5.69 Å². The number of nitrogens with one attached hydrogen (secondary N) is 2. The van der Waals surface area contributed by atoms with Crippen LogP contribution in [0.2, 0.25) is 0 Å². The molecule has 36 heavy (non-hydrogen) atoms. The first-order valence-electron chi connectivity index (χ1n) is 11.0. The Morgan fingerprint density at radius 1 is 1.00 bits per heavy atom. The Kier molecular flexibility index (Phi) is 7.71. The van der Waals surface area contributed by atoms with E-state index in [1.165, 1.54) is 11.5 Å². The van der Waals surface area contributed by atoms with Gasteiger partial charge in [0.25, 0.3) is 5.91 Å². The zero-order valence-corrected chi connectivity index (χ0v) is 21.3. The highest BCUT2D eigenvalue weighted by Gasteiger charge is 2.22. The third kappa shape index (κ3) is 5.11. The zero-order valence-electron chi connectivity index (χ0n) is 20.5. The van der Waals surface area contributed by atoms with E-state index in [-0.39, 0.29) is 5.91 Å². The molecule has 11 heteroatoms. The highest BCUT2D eigenvalue weighted by atomic mass is 32.1. The summed E-state index contributed by atoms with van der Waals surface area (Å²) in [5.74, 6) is 1.93. The fourth-order valence-corrected chi connectivity index (χ4v) is 4.58. The van der Waals surface area contributed by atoms with Crippen molar-refractivity contribution in [2.24, 2.45) is 0 Å².